The summed E-state index contributed by atoms with van der Waals surface area (Å²) < 4.78 is 18.8. The van der Waals surface area contributed by atoms with E-state index in [1.807, 2.05) is 0 Å². The maximum atomic E-state index is 13.1. The second-order valence-corrected chi connectivity index (χ2v) is 5.14. The van der Waals surface area contributed by atoms with Gasteiger partial charge in [0.05, 0.1) is 12.1 Å². The molecule has 110 valence electrons. The summed E-state index contributed by atoms with van der Waals surface area (Å²) in [6.07, 6.45) is 3.48. The van der Waals surface area contributed by atoms with Crippen LogP contribution in [0.1, 0.15) is 34.9 Å². The molecule has 2 N–H and O–H groups in total. The van der Waals surface area contributed by atoms with Gasteiger partial charge in [-0.05, 0) is 42.7 Å². The number of carbonyl (C=O) groups excluding carboxylic acids is 1. The smallest absolute Gasteiger partial charge is 0.268 e. The van der Waals surface area contributed by atoms with Crippen LogP contribution in [-0.4, -0.2) is 23.6 Å². The van der Waals surface area contributed by atoms with Crippen molar-refractivity contribution in [2.45, 2.75) is 25.0 Å². The molecule has 2 heterocycles. The zero-order valence-electron chi connectivity index (χ0n) is 11.5. The molecule has 1 amide bonds. The van der Waals surface area contributed by atoms with Crippen molar-refractivity contribution in [2.75, 3.05) is 6.61 Å². The van der Waals surface area contributed by atoms with Crippen molar-refractivity contribution in [1.29, 1.82) is 0 Å². The minimum atomic E-state index is -0.291. The molecule has 1 aliphatic heterocycles. The molecule has 0 aliphatic carbocycles. The van der Waals surface area contributed by atoms with E-state index in [0.29, 0.717) is 12.3 Å². The van der Waals surface area contributed by atoms with Gasteiger partial charge in [0, 0.05) is 12.8 Å². The highest BCUT2D eigenvalue weighted by Crippen LogP contribution is 2.27. The summed E-state index contributed by atoms with van der Waals surface area (Å²) in [5.41, 5.74) is 1.35. The van der Waals surface area contributed by atoms with Gasteiger partial charge in [-0.1, -0.05) is 12.1 Å². The maximum absolute atomic E-state index is 13.1. The van der Waals surface area contributed by atoms with Gasteiger partial charge in [0.1, 0.15) is 11.5 Å². The first-order chi connectivity index (χ1) is 10.2. The minimum Gasteiger partial charge on any atom is -0.376 e. The Morgan fingerprint density at radius 1 is 1.33 bits per heavy atom. The predicted molar refractivity (Wildman–Crippen MR) is 76.4 cm³/mol. The number of hydrogen-bond donors (Lipinski definition) is 2. The zero-order valence-corrected chi connectivity index (χ0v) is 11.5. The Morgan fingerprint density at radius 3 is 2.76 bits per heavy atom. The molecule has 3 rings (SSSR count). The normalized spacial score (nSPS) is 19.4. The second kappa shape index (κ2) is 6.10. The molecule has 4 nitrogen and oxygen atoms in total. The Morgan fingerprint density at radius 2 is 2.14 bits per heavy atom. The summed E-state index contributed by atoms with van der Waals surface area (Å²) in [5.74, 6) is -0.481. The molecule has 0 radical (unpaired) electrons. The zero-order chi connectivity index (χ0) is 14.7. The van der Waals surface area contributed by atoms with Gasteiger partial charge in [0.15, 0.2) is 0 Å². The molecule has 1 saturated heterocycles. The molecular formula is C16H17FN2O2. The third kappa shape index (κ3) is 3.13. The van der Waals surface area contributed by atoms with E-state index in [2.05, 4.69) is 10.3 Å². The van der Waals surface area contributed by atoms with Crippen LogP contribution < -0.4 is 5.32 Å². The first-order valence-corrected chi connectivity index (χ1v) is 7.05. The van der Waals surface area contributed by atoms with Crippen LogP contribution in [-0.2, 0) is 4.74 Å². The molecule has 0 bridgehead atoms. The average molecular weight is 288 g/mol. The molecule has 2 aromatic rings. The van der Waals surface area contributed by atoms with Crippen molar-refractivity contribution in [1.82, 2.24) is 10.3 Å². The van der Waals surface area contributed by atoms with Crippen molar-refractivity contribution in [3.05, 3.63) is 59.7 Å². The summed E-state index contributed by atoms with van der Waals surface area (Å²) >= 11 is 0. The number of rotatable bonds is 4. The Labute approximate surface area is 122 Å². The summed E-state index contributed by atoms with van der Waals surface area (Å²) in [7, 11) is 0. The predicted octanol–water partition coefficient (Wildman–Crippen LogP) is 2.80. The van der Waals surface area contributed by atoms with Crippen LogP contribution >= 0.6 is 0 Å². The van der Waals surface area contributed by atoms with Crippen LogP contribution in [0.3, 0.4) is 0 Å². The lowest BCUT2D eigenvalue weighted by Gasteiger charge is -2.24. The van der Waals surface area contributed by atoms with E-state index in [9.17, 15) is 9.18 Å². The topological polar surface area (TPSA) is 54.1 Å². The molecule has 1 aliphatic rings. The van der Waals surface area contributed by atoms with E-state index in [1.54, 1.807) is 30.5 Å². The SMILES string of the molecule is O=C(N[C@@H](c1ccc(F)cc1)[C@H]1CCCO1)c1ccc[nH]1. The highest BCUT2D eigenvalue weighted by molar-refractivity contribution is 5.92. The summed E-state index contributed by atoms with van der Waals surface area (Å²) in [4.78, 5) is 15.1. The van der Waals surface area contributed by atoms with Crippen molar-refractivity contribution in [3.8, 4) is 0 Å². The van der Waals surface area contributed by atoms with Gasteiger partial charge in [-0.25, -0.2) is 4.39 Å². The molecular weight excluding hydrogens is 271 g/mol. The van der Waals surface area contributed by atoms with Gasteiger partial charge < -0.3 is 15.0 Å². The summed E-state index contributed by atoms with van der Waals surface area (Å²) in [6.45, 7) is 0.695. The molecule has 0 spiro atoms. The fraction of sp³-hybridized carbons (Fsp3) is 0.312. The standard InChI is InChI=1S/C16H17FN2O2/c17-12-7-5-11(6-8-12)15(14-4-2-10-21-14)19-16(20)13-3-1-9-18-13/h1,3,5-9,14-15,18H,2,4,10H2,(H,19,20)/t14-,15+/m1/s1. The third-order valence-electron chi connectivity index (χ3n) is 3.69. The quantitative estimate of drug-likeness (QED) is 0.909. The number of nitrogens with one attached hydrogen (secondary N) is 2. The number of amides is 1. The molecule has 1 aromatic carbocycles. The molecule has 0 unspecified atom stereocenters. The maximum Gasteiger partial charge on any atom is 0.268 e. The molecule has 21 heavy (non-hydrogen) atoms. The van der Waals surface area contributed by atoms with E-state index in [0.717, 1.165) is 18.4 Å². The Balaban J connectivity index is 1.82. The second-order valence-electron chi connectivity index (χ2n) is 5.14. The van der Waals surface area contributed by atoms with Crippen LogP contribution in [0.2, 0.25) is 0 Å². The fourth-order valence-electron chi connectivity index (χ4n) is 2.62. The monoisotopic (exact) mass is 288 g/mol. The fourth-order valence-corrected chi connectivity index (χ4v) is 2.62. The van der Waals surface area contributed by atoms with Crippen LogP contribution in [0, 0.1) is 5.82 Å². The highest BCUT2D eigenvalue weighted by atomic mass is 19.1. The minimum absolute atomic E-state index is 0.0747. The van der Waals surface area contributed by atoms with Crippen molar-refractivity contribution in [3.63, 3.8) is 0 Å². The van der Waals surface area contributed by atoms with E-state index in [4.69, 9.17) is 4.74 Å². The van der Waals surface area contributed by atoms with Gasteiger partial charge in [-0.15, -0.1) is 0 Å². The highest BCUT2D eigenvalue weighted by Gasteiger charge is 2.29. The number of halogens is 1. The lowest BCUT2D eigenvalue weighted by atomic mass is 9.99. The molecule has 2 atom stereocenters. The third-order valence-corrected chi connectivity index (χ3v) is 3.69. The Hall–Kier alpha value is -2.14. The molecule has 0 saturated carbocycles. The molecule has 1 aromatic heterocycles. The summed E-state index contributed by atoms with van der Waals surface area (Å²) in [5, 5.41) is 2.98. The van der Waals surface area contributed by atoms with Gasteiger partial charge in [0.2, 0.25) is 0 Å². The van der Waals surface area contributed by atoms with Gasteiger partial charge in [0.25, 0.3) is 5.91 Å². The molecule has 5 heteroatoms. The number of aromatic nitrogens is 1. The summed E-state index contributed by atoms with van der Waals surface area (Å²) in [6, 6.07) is 9.40. The number of ether oxygens (including phenoxy) is 1. The number of H-pyrrole nitrogens is 1. The van der Waals surface area contributed by atoms with Crippen LogP contribution in [0.5, 0.6) is 0 Å². The van der Waals surface area contributed by atoms with Crippen LogP contribution in [0.15, 0.2) is 42.6 Å². The van der Waals surface area contributed by atoms with E-state index < -0.39 is 0 Å². The van der Waals surface area contributed by atoms with Crippen molar-refractivity contribution in [2.24, 2.45) is 0 Å². The lowest BCUT2D eigenvalue weighted by molar-refractivity contribution is 0.0670. The van der Waals surface area contributed by atoms with E-state index in [-0.39, 0.29) is 23.9 Å². The van der Waals surface area contributed by atoms with Gasteiger partial charge >= 0.3 is 0 Å². The van der Waals surface area contributed by atoms with E-state index in [1.165, 1.54) is 12.1 Å². The number of aromatic amines is 1. The number of carbonyl (C=O) groups is 1. The Kier molecular flexibility index (Phi) is 4.01. The first kappa shape index (κ1) is 13.8. The van der Waals surface area contributed by atoms with Gasteiger partial charge in [-0.2, -0.15) is 0 Å². The molecule has 1 fully saturated rings. The lowest BCUT2D eigenvalue weighted by Crippen LogP contribution is -2.36. The van der Waals surface area contributed by atoms with Crippen molar-refractivity contribution >= 4 is 5.91 Å². The van der Waals surface area contributed by atoms with Crippen LogP contribution in [0.25, 0.3) is 0 Å². The van der Waals surface area contributed by atoms with E-state index >= 15 is 0 Å². The Bertz CT molecular complexity index is 589. The largest absolute Gasteiger partial charge is 0.376 e. The van der Waals surface area contributed by atoms with Crippen LogP contribution in [0.4, 0.5) is 4.39 Å². The van der Waals surface area contributed by atoms with Crippen molar-refractivity contribution < 1.29 is 13.9 Å². The number of hydrogen-bond acceptors (Lipinski definition) is 2. The average Bonchev–Trinajstić information content (AvgIpc) is 3.19. The van der Waals surface area contributed by atoms with Gasteiger partial charge in [-0.3, -0.25) is 4.79 Å². The number of benzene rings is 1. The first-order valence-electron chi connectivity index (χ1n) is 7.05.